The van der Waals surface area contributed by atoms with Crippen molar-refractivity contribution < 1.29 is 18.7 Å². The van der Waals surface area contributed by atoms with Gasteiger partial charge in [0.1, 0.15) is 11.4 Å². The number of rotatable bonds is 7. The quantitative estimate of drug-likeness (QED) is 0.353. The number of aromatic nitrogens is 4. The highest BCUT2D eigenvalue weighted by molar-refractivity contribution is 6.30. The average Bonchev–Trinajstić information content (AvgIpc) is 3.50. The molecule has 10 nitrogen and oxygen atoms in total. The molecule has 3 heterocycles. The first-order valence-corrected chi connectivity index (χ1v) is 13.1. The molecule has 1 aliphatic rings. The van der Waals surface area contributed by atoms with Crippen LogP contribution in [0.1, 0.15) is 37.8 Å². The number of nitrogens with zero attached hydrogens (tertiary/aromatic N) is 4. The molecule has 0 saturated carbocycles. The minimum absolute atomic E-state index is 0.0524. The van der Waals surface area contributed by atoms with E-state index in [2.05, 4.69) is 15.5 Å². The van der Waals surface area contributed by atoms with E-state index in [9.17, 15) is 9.59 Å². The van der Waals surface area contributed by atoms with Gasteiger partial charge in [-0.15, -0.1) is 10.2 Å². The van der Waals surface area contributed by atoms with Crippen molar-refractivity contribution in [2.45, 2.75) is 39.2 Å². The van der Waals surface area contributed by atoms with E-state index in [1.165, 1.54) is 4.68 Å². The molecule has 0 spiro atoms. The Morgan fingerprint density at radius 1 is 1.15 bits per heavy atom. The minimum Gasteiger partial charge on any atom is -0.490 e. The van der Waals surface area contributed by atoms with Gasteiger partial charge in [-0.3, -0.25) is 14.3 Å². The van der Waals surface area contributed by atoms with Crippen molar-refractivity contribution in [2.24, 2.45) is 13.0 Å². The van der Waals surface area contributed by atoms with Gasteiger partial charge in [0, 0.05) is 12.1 Å². The number of ether oxygens (including phenoxy) is 2. The summed E-state index contributed by atoms with van der Waals surface area (Å²) in [6.07, 6.45) is 0.375. The number of hydrogen-bond acceptors (Lipinski definition) is 7. The Morgan fingerprint density at radius 3 is 2.67 bits per heavy atom. The van der Waals surface area contributed by atoms with Crippen LogP contribution in [-0.2, 0) is 16.6 Å². The molecule has 4 aromatic rings. The topological polar surface area (TPSA) is 113 Å². The van der Waals surface area contributed by atoms with Crippen molar-refractivity contribution in [2.75, 3.05) is 18.5 Å². The van der Waals surface area contributed by atoms with Crippen LogP contribution in [0.5, 0.6) is 5.75 Å². The van der Waals surface area contributed by atoms with Gasteiger partial charge in [0.25, 0.3) is 11.4 Å². The summed E-state index contributed by atoms with van der Waals surface area (Å²) >= 11 is 6.21. The van der Waals surface area contributed by atoms with Gasteiger partial charge in [-0.1, -0.05) is 29.8 Å². The maximum atomic E-state index is 13.3. The Bertz CT molecular complexity index is 1540. The van der Waals surface area contributed by atoms with E-state index < -0.39 is 5.92 Å². The zero-order chi connectivity index (χ0) is 27.7. The monoisotopic (exact) mass is 551 g/mol. The van der Waals surface area contributed by atoms with Crippen LogP contribution in [-0.4, -0.2) is 44.8 Å². The van der Waals surface area contributed by atoms with Gasteiger partial charge in [-0.25, -0.2) is 4.68 Å². The summed E-state index contributed by atoms with van der Waals surface area (Å²) in [5, 5.41) is 11.8. The first-order chi connectivity index (χ1) is 18.7. The number of carbonyl (C=O) groups is 1. The molecule has 2 aromatic carbocycles. The van der Waals surface area contributed by atoms with Crippen molar-refractivity contribution in [1.29, 1.82) is 0 Å². The zero-order valence-electron chi connectivity index (χ0n) is 22.2. The first kappa shape index (κ1) is 26.7. The van der Waals surface area contributed by atoms with Crippen molar-refractivity contribution >= 4 is 23.2 Å². The van der Waals surface area contributed by atoms with Gasteiger partial charge in [-0.2, -0.15) is 0 Å². The summed E-state index contributed by atoms with van der Waals surface area (Å²) in [5.41, 5.74) is 1.89. The molecular formula is C28H30ClN5O5. The predicted octanol–water partition coefficient (Wildman–Crippen LogP) is 4.73. The molecule has 39 heavy (non-hydrogen) atoms. The lowest BCUT2D eigenvalue weighted by Gasteiger charge is -2.26. The molecule has 0 unspecified atom stereocenters. The zero-order valence-corrected chi connectivity index (χ0v) is 22.9. The second kappa shape index (κ2) is 11.1. The van der Waals surface area contributed by atoms with Crippen LogP contribution in [0, 0.1) is 12.8 Å². The van der Waals surface area contributed by atoms with Crippen LogP contribution in [0.15, 0.2) is 57.7 Å². The maximum absolute atomic E-state index is 13.3. The highest BCUT2D eigenvalue weighted by Crippen LogP contribution is 2.35. The number of halogens is 1. The molecule has 11 heteroatoms. The van der Waals surface area contributed by atoms with E-state index in [1.807, 2.05) is 44.2 Å². The SMILES string of the molecule is Cc1c(NC(=O)[C@@H]2COC[C@H](c3nnc(-c4cc(Cl)ccc4OC(C)C)o3)C2)c(=O)n(-c2ccccc2)n1C. The third-order valence-corrected chi connectivity index (χ3v) is 6.94. The molecule has 5 rings (SSSR count). The number of benzene rings is 2. The normalized spacial score (nSPS) is 17.4. The number of carbonyl (C=O) groups excluding carboxylic acids is 1. The van der Waals surface area contributed by atoms with Gasteiger partial charge in [0.2, 0.25) is 11.8 Å². The van der Waals surface area contributed by atoms with E-state index in [1.54, 1.807) is 36.9 Å². The third kappa shape index (κ3) is 5.48. The molecule has 2 atom stereocenters. The number of nitrogens with one attached hydrogen (secondary N) is 1. The lowest BCUT2D eigenvalue weighted by atomic mass is 9.92. The van der Waals surface area contributed by atoms with Crippen LogP contribution in [0.25, 0.3) is 17.1 Å². The lowest BCUT2D eigenvalue weighted by Crippen LogP contribution is -2.35. The Balaban J connectivity index is 1.33. The van der Waals surface area contributed by atoms with Crippen molar-refractivity contribution in [3.05, 3.63) is 75.5 Å². The molecular weight excluding hydrogens is 522 g/mol. The Kier molecular flexibility index (Phi) is 7.58. The van der Waals surface area contributed by atoms with Gasteiger partial charge in [-0.05, 0) is 57.5 Å². The second-order valence-electron chi connectivity index (χ2n) is 9.85. The fourth-order valence-corrected chi connectivity index (χ4v) is 4.83. The van der Waals surface area contributed by atoms with Crippen LogP contribution < -0.4 is 15.6 Å². The van der Waals surface area contributed by atoms with E-state index in [4.69, 9.17) is 25.5 Å². The highest BCUT2D eigenvalue weighted by Gasteiger charge is 2.33. The molecule has 1 fully saturated rings. The molecule has 0 aliphatic carbocycles. The number of hydrogen-bond donors (Lipinski definition) is 1. The average molecular weight is 552 g/mol. The van der Waals surface area contributed by atoms with Gasteiger partial charge in [0.15, 0.2) is 0 Å². The van der Waals surface area contributed by atoms with E-state index >= 15 is 0 Å². The van der Waals surface area contributed by atoms with Gasteiger partial charge >= 0.3 is 0 Å². The van der Waals surface area contributed by atoms with E-state index in [0.29, 0.717) is 46.6 Å². The molecule has 1 saturated heterocycles. The van der Waals surface area contributed by atoms with Crippen LogP contribution >= 0.6 is 11.6 Å². The molecule has 0 radical (unpaired) electrons. The fraction of sp³-hybridized carbons (Fsp3) is 0.357. The predicted molar refractivity (Wildman–Crippen MR) is 147 cm³/mol. The molecule has 204 valence electrons. The number of para-hydroxylation sites is 1. The molecule has 0 bridgehead atoms. The molecule has 2 aromatic heterocycles. The summed E-state index contributed by atoms with van der Waals surface area (Å²) in [5.74, 6) is 0.127. The number of amides is 1. The summed E-state index contributed by atoms with van der Waals surface area (Å²) in [6, 6.07) is 14.5. The van der Waals surface area contributed by atoms with Gasteiger partial charge < -0.3 is 19.2 Å². The van der Waals surface area contributed by atoms with E-state index in [-0.39, 0.29) is 41.7 Å². The second-order valence-corrected chi connectivity index (χ2v) is 10.3. The lowest BCUT2D eigenvalue weighted by molar-refractivity contribution is -0.124. The van der Waals surface area contributed by atoms with Crippen molar-refractivity contribution in [3.63, 3.8) is 0 Å². The first-order valence-electron chi connectivity index (χ1n) is 12.8. The minimum atomic E-state index is -0.505. The Labute approximate surface area is 230 Å². The summed E-state index contributed by atoms with van der Waals surface area (Å²) in [6.45, 7) is 6.21. The van der Waals surface area contributed by atoms with E-state index in [0.717, 1.165) is 0 Å². The summed E-state index contributed by atoms with van der Waals surface area (Å²) < 4.78 is 20.9. The van der Waals surface area contributed by atoms with Gasteiger partial charge in [0.05, 0.1) is 48.1 Å². The van der Waals surface area contributed by atoms with Crippen LogP contribution in [0.4, 0.5) is 5.69 Å². The standard InChI is InChI=1S/C28H30ClN5O5/c1-16(2)38-23-11-10-20(29)13-22(23)27-32-31-26(39-27)19-12-18(14-37-15-19)25(35)30-24-17(3)33(4)34(28(24)36)21-8-6-5-7-9-21/h5-11,13,16,18-19H,12,14-15H2,1-4H3,(H,30,35)/t18-,19+/m0/s1. The Morgan fingerprint density at radius 2 is 1.92 bits per heavy atom. The number of anilines is 1. The summed E-state index contributed by atoms with van der Waals surface area (Å²) in [7, 11) is 1.78. The largest absolute Gasteiger partial charge is 0.490 e. The van der Waals surface area contributed by atoms with Crippen molar-refractivity contribution in [3.8, 4) is 22.9 Å². The molecule has 1 amide bonds. The molecule has 1 N–H and O–H groups in total. The highest BCUT2D eigenvalue weighted by atomic mass is 35.5. The Hall–Kier alpha value is -3.89. The van der Waals surface area contributed by atoms with Crippen molar-refractivity contribution in [1.82, 2.24) is 19.6 Å². The molecule has 1 aliphatic heterocycles. The van der Waals surface area contributed by atoms with Crippen LogP contribution in [0.2, 0.25) is 5.02 Å². The maximum Gasteiger partial charge on any atom is 0.295 e. The smallest absolute Gasteiger partial charge is 0.295 e. The van der Waals surface area contributed by atoms with Crippen LogP contribution in [0.3, 0.4) is 0 Å². The summed E-state index contributed by atoms with van der Waals surface area (Å²) in [4.78, 5) is 26.5. The fourth-order valence-electron chi connectivity index (χ4n) is 4.66. The third-order valence-electron chi connectivity index (χ3n) is 6.70.